The van der Waals surface area contributed by atoms with Crippen molar-refractivity contribution in [3.05, 3.63) is 156 Å². The van der Waals surface area contributed by atoms with Crippen molar-refractivity contribution in [3.63, 3.8) is 0 Å². The number of aliphatic hydroxyl groups excluding tert-OH is 1. The van der Waals surface area contributed by atoms with Crippen LogP contribution in [0, 0.1) is 17.2 Å². The second-order valence-corrected chi connectivity index (χ2v) is 29.7. The number of aromatic amines is 2. The number of carbonyl (C=O) groups excluding carboxylic acids is 14. The van der Waals surface area contributed by atoms with Crippen LogP contribution in [0.15, 0.2) is 134 Å². The van der Waals surface area contributed by atoms with Crippen molar-refractivity contribution in [2.45, 2.75) is 152 Å². The van der Waals surface area contributed by atoms with Crippen molar-refractivity contribution in [2.24, 2.45) is 34.8 Å². The summed E-state index contributed by atoms with van der Waals surface area (Å²) in [5.74, 6) is -16.3. The number of aromatic nitrogens is 2. The number of H-pyrrole nitrogens is 2. The molecule has 1 aliphatic heterocycles. The predicted octanol–water partition coefficient (Wildman–Crippen LogP) is -1.54. The molecule has 25 N–H and O–H groups in total. The normalized spacial score (nSPS) is 22.6. The first-order valence-electron chi connectivity index (χ1n) is 37.8. The second-order valence-electron chi connectivity index (χ2n) is 28.7. The summed E-state index contributed by atoms with van der Waals surface area (Å²) >= 11 is 0.854. The van der Waals surface area contributed by atoms with Gasteiger partial charge in [0.25, 0.3) is 0 Å². The Kier molecular flexibility index (Phi) is 32.9. The van der Waals surface area contributed by atoms with Crippen molar-refractivity contribution >= 4 is 133 Å². The van der Waals surface area contributed by atoms with Gasteiger partial charge in [0.2, 0.25) is 82.7 Å². The van der Waals surface area contributed by atoms with Crippen LogP contribution in [0.2, 0.25) is 0 Å². The molecule has 0 spiro atoms. The molecule has 0 aliphatic carbocycles. The zero-order chi connectivity index (χ0) is 83.4. The Bertz CT molecular complexity index is 4650. The van der Waals surface area contributed by atoms with Crippen molar-refractivity contribution in [1.82, 2.24) is 79.1 Å². The van der Waals surface area contributed by atoms with Gasteiger partial charge in [-0.25, -0.2) is 0 Å². The van der Waals surface area contributed by atoms with E-state index in [4.69, 9.17) is 28.3 Å². The maximum atomic E-state index is 15.1. The molecule has 1 fully saturated rings. The molecule has 7 aromatic rings. The first-order chi connectivity index (χ1) is 55.0. The lowest BCUT2D eigenvalue weighted by Gasteiger charge is -2.29. The number of primary amides is 2. The number of amides is 14. The van der Waals surface area contributed by atoms with Crippen LogP contribution < -0.4 is 92.1 Å². The van der Waals surface area contributed by atoms with E-state index >= 15 is 14.4 Å². The Morgan fingerprint density at radius 3 is 1.55 bits per heavy atom. The standard InChI is InChI=1S/C79H102N20O15S/c1-42(2)65-76(112)91-55(25-14-15-29-80)71(107)92-57(33-48-36-86-52-23-12-10-21-50(48)52)74(110)98-66(43(3)4)77(113)96-61(68(82)104)40-115-41-64(103)90-56(32-44-27-28-45-17-8-9-20-47(45)31-44)73(109)99-67(46-18-6-5-7-19-46)78(114)95-60(39-100)69(105)88-38-63(102)89-54(26-16-30-85-79(83)84)70(106)94-59(35-62(81)101)72(108)93-58(75(111)97-65)34-49-37-87-53-24-13-11-22-51(49)53/h5-13,17-24,27-28,31,36-37,42-43,54-61,65-67,86-87,100H,14-16,25-26,29-30,32-35,38-41,80H2,1-4H3,(H2,81,101)(H2,82,104)(H,88,105)(H,89,102)(H,90,103)(H,91,112)(H,92,107)(H,93,108)(H,94,106)(H,95,114)(H,96,113)(H,97,111)(H,98,110)(H,99,109)(H4,83,84,85)/t54-,55-,56-,57-,58-,59-,60-,61-,65-,66-,67-/m0/s1. The Morgan fingerprint density at radius 1 is 0.496 bits per heavy atom. The lowest BCUT2D eigenvalue weighted by atomic mass is 9.98. The van der Waals surface area contributed by atoms with E-state index in [9.17, 15) is 57.8 Å². The number of carbonyl (C=O) groups is 14. The number of fused-ring (bicyclic) bond motifs is 3. The van der Waals surface area contributed by atoms with Crippen LogP contribution in [0.4, 0.5) is 0 Å². The number of guanidine groups is 1. The highest BCUT2D eigenvalue weighted by atomic mass is 32.2. The van der Waals surface area contributed by atoms with Gasteiger partial charge in [-0.15, -0.1) is 11.8 Å². The highest BCUT2D eigenvalue weighted by Gasteiger charge is 2.39. The third-order valence-corrected chi connectivity index (χ3v) is 20.3. The molecule has 115 heavy (non-hydrogen) atoms. The number of nitrogens with one attached hydrogen (secondary N) is 16. The fourth-order valence-corrected chi connectivity index (χ4v) is 13.9. The quantitative estimate of drug-likeness (QED) is 0.0220. The molecule has 14 amide bonds. The molecular weight excluding hydrogens is 1500 g/mol. The maximum Gasteiger partial charge on any atom is 0.247 e. The number of thioether (sulfide) groups is 1. The average molecular weight is 1600 g/mol. The van der Waals surface area contributed by atoms with Crippen LogP contribution in [0.25, 0.3) is 32.6 Å². The summed E-state index contributed by atoms with van der Waals surface area (Å²) in [6, 6.07) is 17.4. The summed E-state index contributed by atoms with van der Waals surface area (Å²) < 4.78 is 0. The molecule has 36 heteroatoms. The van der Waals surface area contributed by atoms with E-state index in [1.165, 1.54) is 12.1 Å². The topological polar surface area (TPSA) is 575 Å². The lowest BCUT2D eigenvalue weighted by Crippen LogP contribution is -2.62. The first kappa shape index (κ1) is 88.1. The van der Waals surface area contributed by atoms with E-state index in [0.717, 1.165) is 22.5 Å². The fourth-order valence-electron chi connectivity index (χ4n) is 13.0. The van der Waals surface area contributed by atoms with E-state index < -0.39 is 192 Å². The van der Waals surface area contributed by atoms with E-state index in [0.29, 0.717) is 44.9 Å². The molecule has 1 aliphatic rings. The number of nitrogens with two attached hydrogens (primary N) is 4. The Morgan fingerprint density at radius 2 is 0.983 bits per heavy atom. The molecule has 2 aromatic heterocycles. The number of hydrogen-bond acceptors (Lipinski definition) is 18. The molecule has 35 nitrogen and oxygen atoms in total. The van der Waals surface area contributed by atoms with Gasteiger partial charge in [0.1, 0.15) is 66.5 Å². The summed E-state index contributed by atoms with van der Waals surface area (Å²) in [4.78, 5) is 208. The predicted molar refractivity (Wildman–Crippen MR) is 430 cm³/mol. The molecular formula is C79H102N20O15S. The van der Waals surface area contributed by atoms with Gasteiger partial charge in [0.05, 0.1) is 25.3 Å². The van der Waals surface area contributed by atoms with Crippen molar-refractivity contribution in [3.8, 4) is 0 Å². The van der Waals surface area contributed by atoms with Gasteiger partial charge in [-0.1, -0.05) is 137 Å². The minimum atomic E-state index is -1.87. The number of hydrogen-bond donors (Lipinski definition) is 21. The third kappa shape index (κ3) is 26.1. The minimum Gasteiger partial charge on any atom is -0.394 e. The number of para-hydroxylation sites is 2. The van der Waals surface area contributed by atoms with Gasteiger partial charge in [0.15, 0.2) is 5.96 Å². The molecule has 11 atom stereocenters. The molecule has 0 bridgehead atoms. The number of unbranched alkanes of at least 4 members (excludes halogenated alkanes) is 1. The smallest absolute Gasteiger partial charge is 0.247 e. The first-order valence-corrected chi connectivity index (χ1v) is 38.9. The van der Waals surface area contributed by atoms with E-state index in [1.54, 1.807) is 119 Å². The van der Waals surface area contributed by atoms with Crippen molar-refractivity contribution in [2.75, 3.05) is 37.7 Å². The zero-order valence-corrected chi connectivity index (χ0v) is 65.0. The molecule has 0 radical (unpaired) electrons. The fraction of sp³-hybridized carbons (Fsp3) is 0.405. The summed E-state index contributed by atoms with van der Waals surface area (Å²) in [5, 5.41) is 55.2. The van der Waals surface area contributed by atoms with E-state index in [2.05, 4.69) is 79.1 Å². The largest absolute Gasteiger partial charge is 0.394 e. The Labute approximate surface area is 667 Å². The van der Waals surface area contributed by atoms with Gasteiger partial charge in [-0.3, -0.25) is 72.5 Å². The van der Waals surface area contributed by atoms with Gasteiger partial charge in [-0.05, 0) is 95.6 Å². The molecule has 0 saturated carbocycles. The van der Waals surface area contributed by atoms with Crippen LogP contribution in [-0.2, 0) is 86.4 Å². The maximum absolute atomic E-state index is 15.1. The lowest BCUT2D eigenvalue weighted by molar-refractivity contribution is -0.137. The van der Waals surface area contributed by atoms with Crippen LogP contribution in [0.1, 0.15) is 94.5 Å². The van der Waals surface area contributed by atoms with Gasteiger partial charge >= 0.3 is 0 Å². The summed E-state index contributed by atoms with van der Waals surface area (Å²) in [5.41, 5.74) is 26.2. The molecule has 0 unspecified atom stereocenters. The van der Waals surface area contributed by atoms with Gasteiger partial charge in [0, 0.05) is 65.8 Å². The van der Waals surface area contributed by atoms with E-state index in [1.807, 2.05) is 30.3 Å². The van der Waals surface area contributed by atoms with Crippen LogP contribution in [0.5, 0.6) is 0 Å². The summed E-state index contributed by atoms with van der Waals surface area (Å²) in [6.45, 7) is 4.63. The molecule has 8 rings (SSSR count). The number of benzene rings is 5. The van der Waals surface area contributed by atoms with Crippen LogP contribution in [0.3, 0.4) is 0 Å². The van der Waals surface area contributed by atoms with Crippen LogP contribution >= 0.6 is 11.8 Å². The molecule has 614 valence electrons. The third-order valence-electron chi connectivity index (χ3n) is 19.2. The highest BCUT2D eigenvalue weighted by molar-refractivity contribution is 8.00. The summed E-state index contributed by atoms with van der Waals surface area (Å²) in [6.07, 6.45) is 2.09. The van der Waals surface area contributed by atoms with E-state index in [-0.39, 0.29) is 69.4 Å². The van der Waals surface area contributed by atoms with Crippen molar-refractivity contribution < 1.29 is 72.2 Å². The van der Waals surface area contributed by atoms with Gasteiger partial charge in [-0.2, -0.15) is 0 Å². The summed E-state index contributed by atoms with van der Waals surface area (Å²) in [7, 11) is 0. The minimum absolute atomic E-state index is 0.0170. The number of aliphatic hydroxyl groups is 1. The Hall–Kier alpha value is -12.4. The average Bonchev–Trinajstić information content (AvgIpc) is 1.78. The molecule has 5 aromatic carbocycles. The van der Waals surface area contributed by atoms with Crippen LogP contribution in [-0.4, -0.2) is 202 Å². The second kappa shape index (κ2) is 43.0. The molecule has 3 heterocycles. The monoisotopic (exact) mass is 1600 g/mol. The SMILES string of the molecule is CC(C)[C@@H]1NC(=O)[C@H](Cc2c[nH]c3ccccc23)NC(=O)[C@H](CCCCN)NC(=O)[C@H](C(C)C)NC(=O)[C@H](Cc2c[nH]c3ccccc23)NC(=O)[C@H](CC(N)=O)NC(=O)[C@H](CCCNC(=N)N)NC(=O)CNC(=O)[C@H](CO)NC(=O)[C@H](c2ccccc2)NC(=O)[C@H](Cc2ccc3ccccc3c2)NC(=O)CSC[C@@H](C(N)=O)NC1=O. The highest BCUT2D eigenvalue weighted by Crippen LogP contribution is 2.24. The molecule has 1 saturated heterocycles. The Balaban J connectivity index is 1.16. The number of rotatable bonds is 21. The zero-order valence-electron chi connectivity index (χ0n) is 64.2. The van der Waals surface area contributed by atoms with Gasteiger partial charge < -0.3 is 107 Å². The van der Waals surface area contributed by atoms with Crippen molar-refractivity contribution in [1.29, 1.82) is 5.41 Å².